The molecule has 0 fully saturated rings. The standard InChI is InChI=1S/C45H86O6/c1-5-8-10-12-14-16-21-24-28-32-36-43(46)49-39-42(51-45(48)38-34-30-26-19-15-13-11-9-6-2)40-50-44(47)37-33-29-25-22-18-17-20-23-27-31-35-41(4)7-3/h41-42H,5-40H2,1-4H3/t41?,42-/m1/s1. The Bertz CT molecular complexity index is 768. The molecule has 302 valence electrons. The third-order valence-corrected chi connectivity index (χ3v) is 10.4. The SMILES string of the molecule is CCCCCCCCCCCCC(=O)OC[C@H](COC(=O)CCCCCCCCCCCCC(C)CC)OC(=O)CCCCCCCCCCC. The van der Waals surface area contributed by atoms with Crippen molar-refractivity contribution in [2.75, 3.05) is 13.2 Å². The smallest absolute Gasteiger partial charge is 0.306 e. The van der Waals surface area contributed by atoms with Gasteiger partial charge in [0.25, 0.3) is 0 Å². The molecule has 51 heavy (non-hydrogen) atoms. The van der Waals surface area contributed by atoms with E-state index >= 15 is 0 Å². The van der Waals surface area contributed by atoms with Crippen LogP contribution in [0, 0.1) is 5.92 Å². The van der Waals surface area contributed by atoms with Crippen LogP contribution in [0.15, 0.2) is 0 Å². The molecule has 0 aromatic rings. The van der Waals surface area contributed by atoms with E-state index in [0.29, 0.717) is 19.3 Å². The van der Waals surface area contributed by atoms with Crippen molar-refractivity contribution in [3.05, 3.63) is 0 Å². The number of rotatable bonds is 40. The lowest BCUT2D eigenvalue weighted by atomic mass is 9.99. The van der Waals surface area contributed by atoms with Gasteiger partial charge < -0.3 is 14.2 Å². The fourth-order valence-electron chi connectivity index (χ4n) is 6.59. The van der Waals surface area contributed by atoms with Crippen molar-refractivity contribution in [1.82, 2.24) is 0 Å². The van der Waals surface area contributed by atoms with Crippen LogP contribution in [0.5, 0.6) is 0 Å². The summed E-state index contributed by atoms with van der Waals surface area (Å²) in [6.45, 7) is 8.99. The summed E-state index contributed by atoms with van der Waals surface area (Å²) in [5.74, 6) is 0.0106. The fraction of sp³-hybridized carbons (Fsp3) is 0.933. The lowest BCUT2D eigenvalue weighted by Crippen LogP contribution is -2.30. The lowest BCUT2D eigenvalue weighted by molar-refractivity contribution is -0.167. The van der Waals surface area contributed by atoms with Crippen molar-refractivity contribution in [1.29, 1.82) is 0 Å². The van der Waals surface area contributed by atoms with Gasteiger partial charge in [0.1, 0.15) is 13.2 Å². The summed E-state index contributed by atoms with van der Waals surface area (Å²) in [5.41, 5.74) is 0. The number of hydrogen-bond donors (Lipinski definition) is 0. The van der Waals surface area contributed by atoms with Gasteiger partial charge in [-0.2, -0.15) is 0 Å². The van der Waals surface area contributed by atoms with E-state index in [9.17, 15) is 14.4 Å². The molecule has 0 saturated carbocycles. The summed E-state index contributed by atoms with van der Waals surface area (Å²) in [4.78, 5) is 37.6. The minimum atomic E-state index is -0.758. The van der Waals surface area contributed by atoms with Gasteiger partial charge in [0.2, 0.25) is 0 Å². The van der Waals surface area contributed by atoms with Crippen LogP contribution in [0.4, 0.5) is 0 Å². The van der Waals surface area contributed by atoms with Crippen LogP contribution >= 0.6 is 0 Å². The molecule has 1 unspecified atom stereocenters. The summed E-state index contributed by atoms with van der Waals surface area (Å²) in [7, 11) is 0. The third-order valence-electron chi connectivity index (χ3n) is 10.4. The number of ether oxygens (including phenoxy) is 3. The molecule has 0 aromatic heterocycles. The average molecular weight is 723 g/mol. The number of carbonyl (C=O) groups excluding carboxylic acids is 3. The van der Waals surface area contributed by atoms with E-state index in [1.165, 1.54) is 141 Å². The normalized spacial score (nSPS) is 12.5. The molecule has 0 radical (unpaired) electrons. The largest absolute Gasteiger partial charge is 0.462 e. The Morgan fingerprint density at radius 2 is 0.686 bits per heavy atom. The summed E-state index contributed by atoms with van der Waals surface area (Å²) in [6.07, 6.45) is 37.9. The number of hydrogen-bond acceptors (Lipinski definition) is 6. The predicted octanol–water partition coefficient (Wildman–Crippen LogP) is 13.9. The van der Waals surface area contributed by atoms with Gasteiger partial charge in [0.15, 0.2) is 6.10 Å². The maximum Gasteiger partial charge on any atom is 0.306 e. The van der Waals surface area contributed by atoms with Crippen molar-refractivity contribution in [2.45, 2.75) is 252 Å². The second kappa shape index (κ2) is 39.6. The first-order chi connectivity index (χ1) is 24.9. The minimum Gasteiger partial charge on any atom is -0.462 e. The molecule has 6 heteroatoms. The molecular formula is C45H86O6. The van der Waals surface area contributed by atoms with Crippen molar-refractivity contribution in [3.63, 3.8) is 0 Å². The summed E-state index contributed by atoms with van der Waals surface area (Å²) in [5, 5.41) is 0. The summed E-state index contributed by atoms with van der Waals surface area (Å²) in [6, 6.07) is 0. The number of carbonyl (C=O) groups is 3. The fourth-order valence-corrected chi connectivity index (χ4v) is 6.59. The summed E-state index contributed by atoms with van der Waals surface area (Å²) < 4.78 is 16.7. The molecule has 0 rings (SSSR count). The highest BCUT2D eigenvalue weighted by Crippen LogP contribution is 2.17. The van der Waals surface area contributed by atoms with E-state index in [1.807, 2.05) is 0 Å². The zero-order valence-corrected chi connectivity index (χ0v) is 34.6. The van der Waals surface area contributed by atoms with Gasteiger partial charge in [0, 0.05) is 19.3 Å². The molecule has 0 heterocycles. The zero-order valence-electron chi connectivity index (χ0n) is 34.6. The first kappa shape index (κ1) is 49.4. The van der Waals surface area contributed by atoms with Gasteiger partial charge in [0.05, 0.1) is 0 Å². The Morgan fingerprint density at radius 3 is 1.02 bits per heavy atom. The second-order valence-corrected chi connectivity index (χ2v) is 15.6. The van der Waals surface area contributed by atoms with E-state index in [-0.39, 0.29) is 31.1 Å². The maximum absolute atomic E-state index is 12.6. The molecule has 0 aromatic carbocycles. The molecule has 0 saturated heterocycles. The molecule has 0 N–H and O–H groups in total. The molecule has 0 aliphatic heterocycles. The average Bonchev–Trinajstić information content (AvgIpc) is 3.13. The molecule has 2 atom stereocenters. The molecule has 6 nitrogen and oxygen atoms in total. The second-order valence-electron chi connectivity index (χ2n) is 15.6. The van der Waals surface area contributed by atoms with Gasteiger partial charge in [-0.3, -0.25) is 14.4 Å². The molecule has 0 aliphatic rings. The maximum atomic E-state index is 12.6. The molecule has 0 amide bonds. The van der Waals surface area contributed by atoms with E-state index in [1.54, 1.807) is 0 Å². The molecular weight excluding hydrogens is 636 g/mol. The van der Waals surface area contributed by atoms with Crippen molar-refractivity contribution in [2.24, 2.45) is 5.92 Å². The van der Waals surface area contributed by atoms with Crippen LogP contribution in [0.2, 0.25) is 0 Å². The molecule has 0 spiro atoms. The Morgan fingerprint density at radius 1 is 0.392 bits per heavy atom. The van der Waals surface area contributed by atoms with Crippen molar-refractivity contribution >= 4 is 17.9 Å². The van der Waals surface area contributed by atoms with Crippen LogP contribution in [-0.2, 0) is 28.6 Å². The Hall–Kier alpha value is -1.59. The van der Waals surface area contributed by atoms with Gasteiger partial charge >= 0.3 is 17.9 Å². The van der Waals surface area contributed by atoms with E-state index in [0.717, 1.165) is 63.7 Å². The van der Waals surface area contributed by atoms with Crippen molar-refractivity contribution in [3.8, 4) is 0 Å². The van der Waals surface area contributed by atoms with Gasteiger partial charge in [-0.25, -0.2) is 0 Å². The zero-order chi connectivity index (χ0) is 37.5. The third kappa shape index (κ3) is 38.0. The van der Waals surface area contributed by atoms with E-state index < -0.39 is 6.10 Å². The van der Waals surface area contributed by atoms with Gasteiger partial charge in [-0.05, 0) is 25.2 Å². The monoisotopic (exact) mass is 723 g/mol. The van der Waals surface area contributed by atoms with Gasteiger partial charge in [-0.15, -0.1) is 0 Å². The first-order valence-electron chi connectivity index (χ1n) is 22.4. The first-order valence-corrected chi connectivity index (χ1v) is 22.4. The number of unbranched alkanes of at least 4 members (excludes halogenated alkanes) is 26. The lowest BCUT2D eigenvalue weighted by Gasteiger charge is -2.18. The van der Waals surface area contributed by atoms with Crippen LogP contribution in [-0.4, -0.2) is 37.2 Å². The van der Waals surface area contributed by atoms with Crippen LogP contribution in [0.25, 0.3) is 0 Å². The van der Waals surface area contributed by atoms with Crippen molar-refractivity contribution < 1.29 is 28.6 Å². The van der Waals surface area contributed by atoms with Crippen LogP contribution < -0.4 is 0 Å². The van der Waals surface area contributed by atoms with Crippen LogP contribution in [0.1, 0.15) is 246 Å². The summed E-state index contributed by atoms with van der Waals surface area (Å²) >= 11 is 0. The van der Waals surface area contributed by atoms with Gasteiger partial charge in [-0.1, -0.05) is 207 Å². The topological polar surface area (TPSA) is 78.9 Å². The highest BCUT2D eigenvalue weighted by Gasteiger charge is 2.19. The molecule has 0 bridgehead atoms. The van der Waals surface area contributed by atoms with E-state index in [2.05, 4.69) is 27.7 Å². The van der Waals surface area contributed by atoms with Crippen LogP contribution in [0.3, 0.4) is 0 Å². The highest BCUT2D eigenvalue weighted by molar-refractivity contribution is 5.71. The van der Waals surface area contributed by atoms with E-state index in [4.69, 9.17) is 14.2 Å². The highest BCUT2D eigenvalue weighted by atomic mass is 16.6. The Labute approximate surface area is 317 Å². The Kier molecular flexibility index (Phi) is 38.4. The Balaban J connectivity index is 4.30. The predicted molar refractivity (Wildman–Crippen MR) is 215 cm³/mol. The number of esters is 3. The minimum absolute atomic E-state index is 0.0643. The molecule has 0 aliphatic carbocycles. The quantitative estimate of drug-likeness (QED) is 0.0356.